The van der Waals surface area contributed by atoms with E-state index in [4.69, 9.17) is 4.74 Å². The van der Waals surface area contributed by atoms with Crippen LogP contribution in [0, 0.1) is 10.1 Å². The summed E-state index contributed by atoms with van der Waals surface area (Å²) in [4.78, 5) is 69.4. The first-order chi connectivity index (χ1) is 21.2. The Morgan fingerprint density at radius 3 is 2.36 bits per heavy atom. The van der Waals surface area contributed by atoms with Crippen LogP contribution in [0.25, 0.3) is 0 Å². The second-order valence-corrected chi connectivity index (χ2v) is 11.5. The van der Waals surface area contributed by atoms with Crippen molar-refractivity contribution in [3.05, 3.63) is 98.2 Å². The molecule has 4 rings (SSSR count). The highest BCUT2D eigenvalue weighted by Crippen LogP contribution is 2.21. The number of piperazine rings is 1. The molecule has 1 fully saturated rings. The van der Waals surface area contributed by atoms with Crippen LogP contribution < -0.4 is 0 Å². The standard InChI is InChI=1S/C32H36N4O7S/c1-2-43-31(39)23-33(17-14-25-10-12-26(13-11-25)36(41)42)29(37)21-28-32(40)34(18-15-24-7-4-3-5-8-24)22-30(38)35(28)19-16-27-9-6-20-44-27/h3-13,20,28H,2,14-19,21-23H2,1H3. The van der Waals surface area contributed by atoms with Gasteiger partial charge in [0.05, 0.1) is 24.5 Å². The number of thiophene rings is 1. The largest absolute Gasteiger partial charge is 0.465 e. The maximum atomic E-state index is 13.8. The van der Waals surface area contributed by atoms with E-state index in [9.17, 15) is 29.3 Å². The number of carbonyl (C=O) groups excluding carboxylic acids is 4. The number of ether oxygens (including phenoxy) is 1. The first-order valence-electron chi connectivity index (χ1n) is 14.6. The third-order valence-electron chi connectivity index (χ3n) is 7.48. The van der Waals surface area contributed by atoms with Crippen molar-refractivity contribution in [3.63, 3.8) is 0 Å². The molecule has 1 unspecified atom stereocenters. The highest BCUT2D eigenvalue weighted by molar-refractivity contribution is 7.09. The van der Waals surface area contributed by atoms with Crippen molar-refractivity contribution in [2.24, 2.45) is 0 Å². The molecule has 2 heterocycles. The monoisotopic (exact) mass is 620 g/mol. The third-order valence-corrected chi connectivity index (χ3v) is 8.41. The maximum Gasteiger partial charge on any atom is 0.325 e. The molecule has 1 aliphatic heterocycles. The second kappa shape index (κ2) is 15.8. The number of rotatable bonds is 15. The number of amides is 3. The minimum atomic E-state index is -1.01. The van der Waals surface area contributed by atoms with E-state index in [0.717, 1.165) is 16.0 Å². The first kappa shape index (κ1) is 32.3. The van der Waals surface area contributed by atoms with Crippen LogP contribution in [-0.4, -0.2) is 88.7 Å². The van der Waals surface area contributed by atoms with Gasteiger partial charge in [-0.2, -0.15) is 0 Å². The maximum absolute atomic E-state index is 13.8. The third kappa shape index (κ3) is 8.96. The summed E-state index contributed by atoms with van der Waals surface area (Å²) in [6.07, 6.45) is 1.17. The van der Waals surface area contributed by atoms with Gasteiger partial charge in [0, 0.05) is 36.6 Å². The van der Waals surface area contributed by atoms with Gasteiger partial charge in [-0.1, -0.05) is 48.5 Å². The Hall–Kier alpha value is -4.58. The van der Waals surface area contributed by atoms with E-state index in [-0.39, 0.29) is 56.7 Å². The molecule has 1 atom stereocenters. The molecular formula is C32H36N4O7S. The van der Waals surface area contributed by atoms with Gasteiger partial charge in [-0.25, -0.2) is 0 Å². The Bertz CT molecular complexity index is 1430. The Labute approximate surface area is 260 Å². The molecule has 1 aliphatic rings. The molecule has 3 amide bonds. The van der Waals surface area contributed by atoms with Crippen molar-refractivity contribution < 1.29 is 28.8 Å². The SMILES string of the molecule is CCOC(=O)CN(CCc1ccc([N+](=O)[O-])cc1)C(=O)CC1C(=O)N(CCc2ccccc2)CC(=O)N1CCc1cccs1. The van der Waals surface area contributed by atoms with Crippen molar-refractivity contribution in [3.8, 4) is 0 Å². The van der Waals surface area contributed by atoms with Gasteiger partial charge < -0.3 is 19.4 Å². The number of carbonyl (C=O) groups is 4. The molecule has 11 nitrogen and oxygen atoms in total. The molecule has 2 aromatic carbocycles. The van der Waals surface area contributed by atoms with E-state index in [1.54, 1.807) is 30.4 Å². The molecule has 1 saturated heterocycles. The normalized spacial score (nSPS) is 14.9. The second-order valence-electron chi connectivity index (χ2n) is 10.4. The zero-order valence-electron chi connectivity index (χ0n) is 24.6. The fraction of sp³-hybridized carbons (Fsp3) is 0.375. The van der Waals surface area contributed by atoms with Gasteiger partial charge >= 0.3 is 5.97 Å². The summed E-state index contributed by atoms with van der Waals surface area (Å²) in [5.41, 5.74) is 1.73. The summed E-state index contributed by atoms with van der Waals surface area (Å²) in [5.74, 6) is -1.58. The van der Waals surface area contributed by atoms with E-state index in [1.807, 2.05) is 47.8 Å². The minimum absolute atomic E-state index is 0.0480. The fourth-order valence-corrected chi connectivity index (χ4v) is 5.81. The van der Waals surface area contributed by atoms with Gasteiger partial charge in [0.15, 0.2) is 0 Å². The highest BCUT2D eigenvalue weighted by Gasteiger charge is 2.41. The lowest BCUT2D eigenvalue weighted by atomic mass is 10.0. The fourth-order valence-electron chi connectivity index (χ4n) is 5.11. The molecule has 0 N–H and O–H groups in total. The van der Waals surface area contributed by atoms with Crippen LogP contribution in [0.2, 0.25) is 0 Å². The molecule has 0 bridgehead atoms. The smallest absolute Gasteiger partial charge is 0.325 e. The molecule has 12 heteroatoms. The predicted molar refractivity (Wildman–Crippen MR) is 165 cm³/mol. The van der Waals surface area contributed by atoms with Crippen molar-refractivity contribution in [1.82, 2.24) is 14.7 Å². The average molecular weight is 621 g/mol. The molecule has 1 aromatic heterocycles. The van der Waals surface area contributed by atoms with E-state index in [0.29, 0.717) is 25.8 Å². The molecule has 232 valence electrons. The number of nitrogens with zero attached hydrogens (tertiary/aromatic N) is 4. The van der Waals surface area contributed by atoms with E-state index in [1.165, 1.54) is 26.8 Å². The first-order valence-corrected chi connectivity index (χ1v) is 15.4. The Balaban J connectivity index is 1.51. The van der Waals surface area contributed by atoms with E-state index < -0.39 is 22.8 Å². The van der Waals surface area contributed by atoms with Crippen molar-refractivity contribution >= 4 is 40.7 Å². The van der Waals surface area contributed by atoms with Crippen LogP contribution in [0.4, 0.5) is 5.69 Å². The number of hydrogen-bond donors (Lipinski definition) is 0. The van der Waals surface area contributed by atoms with Crippen LogP contribution in [0.1, 0.15) is 29.3 Å². The van der Waals surface area contributed by atoms with Gasteiger partial charge in [0.1, 0.15) is 12.6 Å². The van der Waals surface area contributed by atoms with Crippen molar-refractivity contribution in [2.75, 3.05) is 39.3 Å². The lowest BCUT2D eigenvalue weighted by Gasteiger charge is -2.40. The zero-order valence-corrected chi connectivity index (χ0v) is 25.4. The average Bonchev–Trinajstić information content (AvgIpc) is 3.54. The number of nitro benzene ring substituents is 1. The van der Waals surface area contributed by atoms with Gasteiger partial charge in [-0.05, 0) is 48.8 Å². The number of non-ortho nitro benzene ring substituents is 1. The molecule has 0 spiro atoms. The minimum Gasteiger partial charge on any atom is -0.465 e. The lowest BCUT2D eigenvalue weighted by Crippen LogP contribution is -2.61. The van der Waals surface area contributed by atoms with Crippen LogP contribution >= 0.6 is 11.3 Å². The number of hydrogen-bond acceptors (Lipinski definition) is 8. The topological polar surface area (TPSA) is 130 Å². The molecule has 0 saturated carbocycles. The van der Waals surface area contributed by atoms with Crippen LogP contribution in [0.15, 0.2) is 72.1 Å². The summed E-state index contributed by atoms with van der Waals surface area (Å²) in [6, 6.07) is 18.5. The summed E-state index contributed by atoms with van der Waals surface area (Å²) in [6.45, 7) is 2.18. The Kier molecular flexibility index (Phi) is 11.6. The van der Waals surface area contributed by atoms with Crippen LogP contribution in [-0.2, 0) is 43.2 Å². The van der Waals surface area contributed by atoms with Gasteiger partial charge in [0.2, 0.25) is 17.7 Å². The van der Waals surface area contributed by atoms with E-state index in [2.05, 4.69) is 0 Å². The Morgan fingerprint density at radius 2 is 1.70 bits per heavy atom. The van der Waals surface area contributed by atoms with Gasteiger partial charge in [0.25, 0.3) is 5.69 Å². The quantitative estimate of drug-likeness (QED) is 0.144. The lowest BCUT2D eigenvalue weighted by molar-refractivity contribution is -0.384. The molecular weight excluding hydrogens is 584 g/mol. The number of esters is 1. The van der Waals surface area contributed by atoms with Crippen LogP contribution in [0.3, 0.4) is 0 Å². The van der Waals surface area contributed by atoms with Crippen LogP contribution in [0.5, 0.6) is 0 Å². The van der Waals surface area contributed by atoms with Gasteiger partial charge in [-0.3, -0.25) is 29.3 Å². The molecule has 3 aromatic rings. The Morgan fingerprint density at radius 1 is 0.977 bits per heavy atom. The van der Waals surface area contributed by atoms with Gasteiger partial charge in [-0.15, -0.1) is 11.3 Å². The van der Waals surface area contributed by atoms with Crippen molar-refractivity contribution in [2.45, 2.75) is 38.6 Å². The number of nitro groups is 1. The predicted octanol–water partition coefficient (Wildman–Crippen LogP) is 3.51. The summed E-state index contributed by atoms with van der Waals surface area (Å²) in [7, 11) is 0. The summed E-state index contributed by atoms with van der Waals surface area (Å²) < 4.78 is 5.09. The number of benzene rings is 2. The summed E-state index contributed by atoms with van der Waals surface area (Å²) >= 11 is 1.56. The van der Waals surface area contributed by atoms with Crippen molar-refractivity contribution in [1.29, 1.82) is 0 Å². The molecule has 44 heavy (non-hydrogen) atoms. The zero-order chi connectivity index (χ0) is 31.5. The molecule has 0 aliphatic carbocycles. The highest BCUT2D eigenvalue weighted by atomic mass is 32.1. The molecule has 0 radical (unpaired) electrons. The summed E-state index contributed by atoms with van der Waals surface area (Å²) in [5, 5.41) is 13.0. The van der Waals surface area contributed by atoms with E-state index >= 15 is 0 Å².